The molecule has 5 heteroatoms. The number of rotatable bonds is 3. The van der Waals surface area contributed by atoms with E-state index in [1.165, 1.54) is 0 Å². The number of aliphatic hydroxyl groups is 1. The van der Waals surface area contributed by atoms with Crippen LogP contribution in [0.15, 0.2) is 29.1 Å². The number of benzene rings is 1. The molecule has 2 aromatic rings. The number of fused-ring (bicyclic) bond motifs is 1. The van der Waals surface area contributed by atoms with Crippen molar-refractivity contribution in [2.75, 3.05) is 19.7 Å². The molecule has 3 rings (SSSR count). The van der Waals surface area contributed by atoms with Crippen molar-refractivity contribution in [1.29, 1.82) is 0 Å². The van der Waals surface area contributed by atoms with Crippen molar-refractivity contribution in [1.82, 2.24) is 14.5 Å². The fourth-order valence-electron chi connectivity index (χ4n) is 2.93. The molecule has 5 nitrogen and oxygen atoms in total. The lowest BCUT2D eigenvalue weighted by Gasteiger charge is -2.31. The van der Waals surface area contributed by atoms with Crippen molar-refractivity contribution in [2.24, 2.45) is 13.0 Å². The van der Waals surface area contributed by atoms with Gasteiger partial charge in [-0.2, -0.15) is 0 Å². The summed E-state index contributed by atoms with van der Waals surface area (Å²) in [4.78, 5) is 19.3. The first-order chi connectivity index (χ1) is 10.2. The Morgan fingerprint density at radius 3 is 2.71 bits per heavy atom. The average Bonchev–Trinajstić information content (AvgIpc) is 2.53. The van der Waals surface area contributed by atoms with Gasteiger partial charge >= 0.3 is 0 Å². The van der Waals surface area contributed by atoms with E-state index in [0.29, 0.717) is 17.8 Å². The van der Waals surface area contributed by atoms with Gasteiger partial charge in [0.25, 0.3) is 5.56 Å². The van der Waals surface area contributed by atoms with Gasteiger partial charge in [-0.1, -0.05) is 12.1 Å². The van der Waals surface area contributed by atoms with E-state index in [1.54, 1.807) is 11.6 Å². The fourth-order valence-corrected chi connectivity index (χ4v) is 2.93. The first-order valence-corrected chi connectivity index (χ1v) is 7.47. The third-order valence-electron chi connectivity index (χ3n) is 4.41. The van der Waals surface area contributed by atoms with E-state index in [4.69, 9.17) is 0 Å². The molecule has 1 fully saturated rings. The molecule has 1 saturated heterocycles. The molecule has 0 saturated carbocycles. The first-order valence-electron chi connectivity index (χ1n) is 7.47. The number of hydrogen-bond donors (Lipinski definition) is 1. The van der Waals surface area contributed by atoms with Crippen molar-refractivity contribution in [3.8, 4) is 0 Å². The summed E-state index contributed by atoms with van der Waals surface area (Å²) in [6, 6.07) is 7.48. The number of para-hydroxylation sites is 1. The summed E-state index contributed by atoms with van der Waals surface area (Å²) in [6.07, 6.45) is 2.02. The molecule has 1 aliphatic heterocycles. The third-order valence-corrected chi connectivity index (χ3v) is 4.41. The van der Waals surface area contributed by atoms with Crippen LogP contribution in [0.2, 0.25) is 0 Å². The molecule has 0 unspecified atom stereocenters. The lowest BCUT2D eigenvalue weighted by atomic mass is 9.98. The van der Waals surface area contributed by atoms with Crippen molar-refractivity contribution >= 4 is 10.9 Å². The van der Waals surface area contributed by atoms with Crippen molar-refractivity contribution in [3.05, 3.63) is 40.4 Å². The minimum atomic E-state index is 0.0147. The number of aromatic nitrogens is 2. The maximum absolute atomic E-state index is 12.4. The molecule has 0 aliphatic carbocycles. The van der Waals surface area contributed by atoms with Crippen LogP contribution in [0.1, 0.15) is 18.7 Å². The molecule has 1 aromatic heterocycles. The van der Waals surface area contributed by atoms with Gasteiger partial charge < -0.3 is 5.11 Å². The zero-order valence-corrected chi connectivity index (χ0v) is 12.3. The summed E-state index contributed by atoms with van der Waals surface area (Å²) in [6.45, 7) is 2.87. The third kappa shape index (κ3) is 2.84. The zero-order valence-electron chi connectivity index (χ0n) is 12.3. The highest BCUT2D eigenvalue weighted by molar-refractivity contribution is 5.77. The molecule has 2 heterocycles. The molecule has 1 N–H and O–H groups in total. The summed E-state index contributed by atoms with van der Waals surface area (Å²) in [5.74, 6) is 1.23. The molecule has 1 aromatic carbocycles. The minimum absolute atomic E-state index is 0.0147. The van der Waals surface area contributed by atoms with Crippen molar-refractivity contribution in [2.45, 2.75) is 19.4 Å². The van der Waals surface area contributed by atoms with E-state index in [0.717, 1.165) is 37.3 Å². The standard InChI is InChI=1S/C16H21N3O2/c1-18-15(10-19-8-6-12(11-20)7-9-19)17-14-5-3-2-4-13(14)16(18)21/h2-5,12,20H,6-11H2,1H3. The SMILES string of the molecule is Cn1c(CN2CCC(CO)CC2)nc2ccccc2c1=O. The predicted octanol–water partition coefficient (Wildman–Crippen LogP) is 1.14. The van der Waals surface area contributed by atoms with Crippen LogP contribution in [0.3, 0.4) is 0 Å². The van der Waals surface area contributed by atoms with E-state index in [1.807, 2.05) is 24.3 Å². The highest BCUT2D eigenvalue weighted by atomic mass is 16.3. The maximum atomic E-state index is 12.4. The summed E-state index contributed by atoms with van der Waals surface area (Å²) in [5, 5.41) is 9.86. The predicted molar refractivity (Wildman–Crippen MR) is 82.1 cm³/mol. The van der Waals surface area contributed by atoms with E-state index in [-0.39, 0.29) is 12.2 Å². The summed E-state index contributed by atoms with van der Waals surface area (Å²) < 4.78 is 1.65. The second-order valence-corrected chi connectivity index (χ2v) is 5.81. The monoisotopic (exact) mass is 287 g/mol. The van der Waals surface area contributed by atoms with Crippen molar-refractivity contribution in [3.63, 3.8) is 0 Å². The molecule has 21 heavy (non-hydrogen) atoms. The highest BCUT2D eigenvalue weighted by Crippen LogP contribution is 2.18. The average molecular weight is 287 g/mol. The van der Waals surface area contributed by atoms with Gasteiger partial charge in [0.05, 0.1) is 17.4 Å². The van der Waals surface area contributed by atoms with Crippen LogP contribution >= 0.6 is 0 Å². The minimum Gasteiger partial charge on any atom is -0.396 e. The van der Waals surface area contributed by atoms with Crippen molar-refractivity contribution < 1.29 is 5.11 Å². The summed E-state index contributed by atoms with van der Waals surface area (Å²) in [7, 11) is 1.79. The van der Waals surface area contributed by atoms with Crippen LogP contribution in [-0.2, 0) is 13.6 Å². The van der Waals surface area contributed by atoms with Gasteiger partial charge in [0.15, 0.2) is 0 Å². The van der Waals surface area contributed by atoms with E-state index in [9.17, 15) is 9.90 Å². The van der Waals surface area contributed by atoms with E-state index in [2.05, 4.69) is 9.88 Å². The summed E-state index contributed by atoms with van der Waals surface area (Å²) >= 11 is 0. The molecule has 0 spiro atoms. The molecule has 112 valence electrons. The van der Waals surface area contributed by atoms with Crippen LogP contribution in [-0.4, -0.2) is 39.3 Å². The topological polar surface area (TPSA) is 58.4 Å². The Morgan fingerprint density at radius 2 is 2.00 bits per heavy atom. The number of piperidine rings is 1. The van der Waals surface area contributed by atoms with Crippen LogP contribution in [0, 0.1) is 5.92 Å². The zero-order chi connectivity index (χ0) is 14.8. The van der Waals surface area contributed by atoms with Crippen LogP contribution in [0.5, 0.6) is 0 Å². The molecular formula is C16H21N3O2. The fraction of sp³-hybridized carbons (Fsp3) is 0.500. The van der Waals surface area contributed by atoms with Gasteiger partial charge in [-0.3, -0.25) is 14.3 Å². The molecular weight excluding hydrogens is 266 g/mol. The Labute approximate surface area is 123 Å². The Balaban J connectivity index is 1.84. The largest absolute Gasteiger partial charge is 0.396 e. The molecule has 1 aliphatic rings. The lowest BCUT2D eigenvalue weighted by molar-refractivity contribution is 0.124. The normalized spacial score (nSPS) is 17.4. The second-order valence-electron chi connectivity index (χ2n) is 5.81. The van der Waals surface area contributed by atoms with Crippen LogP contribution in [0.25, 0.3) is 10.9 Å². The molecule has 0 amide bonds. The van der Waals surface area contributed by atoms with Gasteiger partial charge in [0.2, 0.25) is 0 Å². The van der Waals surface area contributed by atoms with Gasteiger partial charge in [-0.05, 0) is 44.0 Å². The second kappa shape index (κ2) is 5.95. The van der Waals surface area contributed by atoms with Gasteiger partial charge in [0.1, 0.15) is 5.82 Å². The Kier molecular flexibility index (Phi) is 4.03. The quantitative estimate of drug-likeness (QED) is 0.919. The molecule has 0 atom stereocenters. The van der Waals surface area contributed by atoms with Crippen LogP contribution in [0.4, 0.5) is 0 Å². The lowest BCUT2D eigenvalue weighted by Crippen LogP contribution is -2.36. The number of hydrogen-bond acceptors (Lipinski definition) is 4. The van der Waals surface area contributed by atoms with Gasteiger partial charge in [-0.15, -0.1) is 0 Å². The van der Waals surface area contributed by atoms with E-state index < -0.39 is 0 Å². The molecule has 0 radical (unpaired) electrons. The smallest absolute Gasteiger partial charge is 0.261 e. The van der Waals surface area contributed by atoms with Gasteiger partial charge in [0, 0.05) is 13.7 Å². The van der Waals surface area contributed by atoms with Gasteiger partial charge in [-0.25, -0.2) is 4.98 Å². The van der Waals surface area contributed by atoms with Crippen LogP contribution < -0.4 is 5.56 Å². The molecule has 0 bridgehead atoms. The Morgan fingerprint density at radius 1 is 1.29 bits per heavy atom. The first kappa shape index (κ1) is 14.2. The number of aliphatic hydroxyl groups excluding tert-OH is 1. The number of nitrogens with zero attached hydrogens (tertiary/aromatic N) is 3. The Bertz CT molecular complexity index is 687. The Hall–Kier alpha value is -1.72. The highest BCUT2D eigenvalue weighted by Gasteiger charge is 2.20. The maximum Gasteiger partial charge on any atom is 0.261 e. The number of likely N-dealkylation sites (tertiary alicyclic amines) is 1. The van der Waals surface area contributed by atoms with E-state index >= 15 is 0 Å². The summed E-state index contributed by atoms with van der Waals surface area (Å²) in [5.41, 5.74) is 0.779.